The van der Waals surface area contributed by atoms with E-state index in [1.165, 1.54) is 5.56 Å². The molecular weight excluding hydrogens is 326 g/mol. The lowest BCUT2D eigenvalue weighted by Gasteiger charge is -2.20. The van der Waals surface area contributed by atoms with Gasteiger partial charge in [-0.2, -0.15) is 0 Å². The van der Waals surface area contributed by atoms with Crippen LogP contribution in [0.2, 0.25) is 0 Å². The zero-order chi connectivity index (χ0) is 18.9. The second-order valence-corrected chi connectivity index (χ2v) is 7.60. The third-order valence-corrected chi connectivity index (χ3v) is 4.29. The lowest BCUT2D eigenvalue weighted by atomic mass is 9.87. The van der Waals surface area contributed by atoms with Crippen LogP contribution in [0.5, 0.6) is 0 Å². The topological polar surface area (TPSA) is 67.2 Å². The monoisotopic (exact) mass is 351 g/mol. The van der Waals surface area contributed by atoms with E-state index in [4.69, 9.17) is 4.42 Å². The summed E-state index contributed by atoms with van der Waals surface area (Å²) in [4.78, 5) is 16.8. The third-order valence-electron chi connectivity index (χ3n) is 4.29. The predicted octanol–water partition coefficient (Wildman–Crippen LogP) is 4.87. The number of rotatable bonds is 4. The number of amides is 1. The molecular formula is C21H25N3O2. The van der Waals surface area contributed by atoms with E-state index < -0.39 is 0 Å². The van der Waals surface area contributed by atoms with E-state index in [-0.39, 0.29) is 17.4 Å². The molecule has 0 aliphatic carbocycles. The number of nitrogens with zero attached hydrogens (tertiary/aromatic N) is 1. The number of aryl methyl sites for hydroxylation is 1. The van der Waals surface area contributed by atoms with Crippen LogP contribution in [0.15, 0.2) is 46.9 Å². The highest BCUT2D eigenvalue weighted by molar-refractivity contribution is 5.96. The highest BCUT2D eigenvalue weighted by Gasteiger charge is 2.16. The van der Waals surface area contributed by atoms with Gasteiger partial charge in [0.2, 0.25) is 5.91 Å². The predicted molar refractivity (Wildman–Crippen MR) is 106 cm³/mol. The van der Waals surface area contributed by atoms with Crippen LogP contribution in [0.25, 0.3) is 11.1 Å². The molecule has 1 aromatic heterocycles. The summed E-state index contributed by atoms with van der Waals surface area (Å²) >= 11 is 0. The molecule has 1 atom stereocenters. The molecule has 1 unspecified atom stereocenters. The summed E-state index contributed by atoms with van der Waals surface area (Å²) in [6.07, 6.45) is 0. The van der Waals surface area contributed by atoms with Gasteiger partial charge in [0.15, 0.2) is 11.5 Å². The van der Waals surface area contributed by atoms with E-state index in [1.54, 1.807) is 0 Å². The number of hydrogen-bond donors (Lipinski definition) is 2. The van der Waals surface area contributed by atoms with Crippen molar-refractivity contribution in [3.05, 3.63) is 53.9 Å². The van der Waals surface area contributed by atoms with E-state index in [0.29, 0.717) is 5.89 Å². The summed E-state index contributed by atoms with van der Waals surface area (Å²) in [5, 5.41) is 6.15. The molecule has 0 aliphatic rings. The van der Waals surface area contributed by atoms with Gasteiger partial charge in [0, 0.05) is 18.3 Å². The van der Waals surface area contributed by atoms with Crippen LogP contribution >= 0.6 is 0 Å². The molecule has 5 nitrogen and oxygen atoms in total. The van der Waals surface area contributed by atoms with Gasteiger partial charge in [0.05, 0.1) is 0 Å². The fourth-order valence-corrected chi connectivity index (χ4v) is 2.75. The van der Waals surface area contributed by atoms with Crippen LogP contribution in [0.4, 0.5) is 11.4 Å². The Morgan fingerprint density at radius 2 is 1.73 bits per heavy atom. The molecule has 0 fully saturated rings. The highest BCUT2D eigenvalue weighted by Crippen LogP contribution is 2.24. The fraction of sp³-hybridized carbons (Fsp3) is 0.333. The molecule has 2 N–H and O–H groups in total. The van der Waals surface area contributed by atoms with Gasteiger partial charge in [-0.05, 0) is 48.2 Å². The lowest BCUT2D eigenvalue weighted by molar-refractivity contribution is -0.116. The second kappa shape index (κ2) is 6.83. The van der Waals surface area contributed by atoms with Crippen molar-refractivity contribution in [3.8, 4) is 0 Å². The lowest BCUT2D eigenvalue weighted by Crippen LogP contribution is -2.31. The number of hydrogen-bond acceptors (Lipinski definition) is 4. The van der Waals surface area contributed by atoms with Crippen molar-refractivity contribution in [2.75, 3.05) is 10.6 Å². The Bertz CT molecular complexity index is 921. The van der Waals surface area contributed by atoms with Crippen molar-refractivity contribution < 1.29 is 9.21 Å². The van der Waals surface area contributed by atoms with E-state index in [2.05, 4.69) is 48.5 Å². The second-order valence-electron chi connectivity index (χ2n) is 7.60. The molecule has 3 rings (SSSR count). The first kappa shape index (κ1) is 18.0. The van der Waals surface area contributed by atoms with Gasteiger partial charge in [-0.3, -0.25) is 4.79 Å². The van der Waals surface area contributed by atoms with Gasteiger partial charge in [-0.25, -0.2) is 4.98 Å². The Morgan fingerprint density at radius 1 is 1.08 bits per heavy atom. The van der Waals surface area contributed by atoms with Crippen molar-refractivity contribution in [1.29, 1.82) is 0 Å². The maximum atomic E-state index is 12.5. The Kier molecular flexibility index (Phi) is 4.72. The molecule has 0 radical (unpaired) electrons. The number of carbonyl (C=O) groups is 1. The number of aromatic nitrogens is 1. The van der Waals surface area contributed by atoms with Crippen LogP contribution < -0.4 is 10.6 Å². The standard InChI is InChI=1S/C21H25N3O2/c1-13(22-17-10-11-19-18(12-17)23-14(2)26-19)20(25)24-16-8-6-15(7-9-16)21(3,4)5/h6-13,22H,1-5H3,(H,24,25). The van der Waals surface area contributed by atoms with Crippen molar-refractivity contribution >= 4 is 28.4 Å². The average molecular weight is 351 g/mol. The Hall–Kier alpha value is -2.82. The third kappa shape index (κ3) is 4.04. The van der Waals surface area contributed by atoms with Gasteiger partial charge in [0.25, 0.3) is 0 Å². The molecule has 26 heavy (non-hydrogen) atoms. The van der Waals surface area contributed by atoms with E-state index in [1.807, 2.05) is 44.2 Å². The molecule has 136 valence electrons. The van der Waals surface area contributed by atoms with Crippen molar-refractivity contribution in [3.63, 3.8) is 0 Å². The number of oxazole rings is 1. The quantitative estimate of drug-likeness (QED) is 0.703. The molecule has 1 heterocycles. The molecule has 0 aliphatic heterocycles. The average Bonchev–Trinajstić information content (AvgIpc) is 2.93. The highest BCUT2D eigenvalue weighted by atomic mass is 16.3. The molecule has 3 aromatic rings. The molecule has 2 aromatic carbocycles. The van der Waals surface area contributed by atoms with E-state index in [9.17, 15) is 4.79 Å². The molecule has 0 spiro atoms. The van der Waals surface area contributed by atoms with Crippen molar-refractivity contribution in [2.24, 2.45) is 0 Å². The van der Waals surface area contributed by atoms with Crippen molar-refractivity contribution in [1.82, 2.24) is 4.98 Å². The van der Waals surface area contributed by atoms with Gasteiger partial charge < -0.3 is 15.1 Å². The molecule has 0 bridgehead atoms. The van der Waals surface area contributed by atoms with E-state index >= 15 is 0 Å². The molecule has 0 saturated carbocycles. The summed E-state index contributed by atoms with van der Waals surface area (Å²) < 4.78 is 5.47. The maximum absolute atomic E-state index is 12.5. The first-order chi connectivity index (χ1) is 12.2. The summed E-state index contributed by atoms with van der Waals surface area (Å²) in [5.74, 6) is 0.534. The first-order valence-corrected chi connectivity index (χ1v) is 8.77. The Balaban J connectivity index is 1.65. The maximum Gasteiger partial charge on any atom is 0.246 e. The van der Waals surface area contributed by atoms with Crippen LogP contribution in [0, 0.1) is 6.92 Å². The molecule has 1 amide bonds. The minimum absolute atomic E-state index is 0.0926. The van der Waals surface area contributed by atoms with Gasteiger partial charge in [-0.1, -0.05) is 32.9 Å². The van der Waals surface area contributed by atoms with Crippen LogP contribution in [0.1, 0.15) is 39.1 Å². The summed E-state index contributed by atoms with van der Waals surface area (Å²) in [6.45, 7) is 10.1. The summed E-state index contributed by atoms with van der Waals surface area (Å²) in [6, 6.07) is 13.2. The zero-order valence-corrected chi connectivity index (χ0v) is 15.9. The minimum Gasteiger partial charge on any atom is -0.441 e. The fourth-order valence-electron chi connectivity index (χ4n) is 2.75. The largest absolute Gasteiger partial charge is 0.441 e. The number of benzene rings is 2. The van der Waals surface area contributed by atoms with Crippen LogP contribution in [-0.2, 0) is 10.2 Å². The SMILES string of the molecule is Cc1nc2cc(NC(C)C(=O)Nc3ccc(C(C)(C)C)cc3)ccc2o1. The Labute approximate surface area is 153 Å². The number of anilines is 2. The molecule has 5 heteroatoms. The van der Waals surface area contributed by atoms with Crippen molar-refractivity contribution in [2.45, 2.75) is 46.1 Å². The number of fused-ring (bicyclic) bond motifs is 1. The van der Waals surface area contributed by atoms with Crippen LogP contribution in [0.3, 0.4) is 0 Å². The first-order valence-electron chi connectivity index (χ1n) is 8.77. The minimum atomic E-state index is -0.386. The summed E-state index contributed by atoms with van der Waals surface area (Å²) in [5.41, 5.74) is 4.46. The number of nitrogens with one attached hydrogen (secondary N) is 2. The van der Waals surface area contributed by atoms with Gasteiger partial charge >= 0.3 is 0 Å². The number of carbonyl (C=O) groups excluding carboxylic acids is 1. The molecule has 0 saturated heterocycles. The zero-order valence-electron chi connectivity index (χ0n) is 15.9. The van der Waals surface area contributed by atoms with Crippen LogP contribution in [-0.4, -0.2) is 16.9 Å². The Morgan fingerprint density at radius 3 is 2.38 bits per heavy atom. The summed E-state index contributed by atoms with van der Waals surface area (Å²) in [7, 11) is 0. The van der Waals surface area contributed by atoms with Gasteiger partial charge in [-0.15, -0.1) is 0 Å². The smallest absolute Gasteiger partial charge is 0.246 e. The van der Waals surface area contributed by atoms with E-state index in [0.717, 1.165) is 22.5 Å². The normalized spacial score (nSPS) is 12.8. The van der Waals surface area contributed by atoms with Gasteiger partial charge in [0.1, 0.15) is 11.6 Å².